The molecule has 0 radical (unpaired) electrons. The van der Waals surface area contributed by atoms with Crippen LogP contribution in [0.2, 0.25) is 0 Å². The fourth-order valence-electron chi connectivity index (χ4n) is 3.09. The van der Waals surface area contributed by atoms with Crippen molar-refractivity contribution in [2.45, 2.75) is 40.2 Å². The lowest BCUT2D eigenvalue weighted by atomic mass is 10.1. The number of nitrogens with one attached hydrogen (secondary N) is 1. The molecule has 2 aromatic rings. The average Bonchev–Trinajstić information content (AvgIpc) is 2.66. The molecule has 0 saturated heterocycles. The summed E-state index contributed by atoms with van der Waals surface area (Å²) in [5.74, 6) is 0.437. The highest BCUT2D eigenvalue weighted by molar-refractivity contribution is 7.92. The molecule has 0 saturated carbocycles. The fraction of sp³-hybridized carbons (Fsp3) is 0.409. The molecule has 0 aliphatic rings. The van der Waals surface area contributed by atoms with Crippen LogP contribution in [-0.4, -0.2) is 39.8 Å². The van der Waals surface area contributed by atoms with Gasteiger partial charge in [-0.2, -0.15) is 0 Å². The van der Waals surface area contributed by atoms with Crippen molar-refractivity contribution in [2.75, 3.05) is 23.7 Å². The third-order valence-electron chi connectivity index (χ3n) is 4.83. The molecule has 0 aliphatic heterocycles. The van der Waals surface area contributed by atoms with E-state index in [0.29, 0.717) is 18.7 Å². The standard InChI is InChI=1S/C22H30N2O4S/c1-6-20(24(29(5,26)27)19-12-10-16(2)11-13-19)22(25)23-14-15-28-21-9-7-8-17(3)18(21)4/h7-13,20H,6,14-15H2,1-5H3,(H,23,25). The summed E-state index contributed by atoms with van der Waals surface area (Å²) in [7, 11) is -3.63. The number of carbonyl (C=O) groups excluding carboxylic acids is 1. The number of benzene rings is 2. The molecular formula is C22H30N2O4S. The molecule has 1 unspecified atom stereocenters. The number of sulfonamides is 1. The zero-order valence-electron chi connectivity index (χ0n) is 17.7. The average molecular weight is 419 g/mol. The smallest absolute Gasteiger partial charge is 0.244 e. The number of hydrogen-bond acceptors (Lipinski definition) is 4. The first-order valence-corrected chi connectivity index (χ1v) is 11.5. The van der Waals surface area contributed by atoms with Gasteiger partial charge in [0, 0.05) is 0 Å². The Morgan fingerprint density at radius 2 is 1.76 bits per heavy atom. The predicted molar refractivity (Wildman–Crippen MR) is 117 cm³/mol. The molecule has 1 amide bonds. The molecule has 29 heavy (non-hydrogen) atoms. The third kappa shape index (κ3) is 5.97. The van der Waals surface area contributed by atoms with Crippen LogP contribution in [0.4, 0.5) is 5.69 Å². The predicted octanol–water partition coefficient (Wildman–Crippen LogP) is 3.35. The number of aryl methyl sites for hydroxylation is 2. The SMILES string of the molecule is CCC(C(=O)NCCOc1cccc(C)c1C)N(c1ccc(C)cc1)S(C)(=O)=O. The molecule has 2 rings (SSSR count). The Balaban J connectivity index is 2.05. The second kappa shape index (κ2) is 9.78. The highest BCUT2D eigenvalue weighted by Crippen LogP contribution is 2.23. The number of rotatable bonds is 9. The van der Waals surface area contributed by atoms with Crippen molar-refractivity contribution in [3.63, 3.8) is 0 Å². The Labute approximate surface area is 173 Å². The lowest BCUT2D eigenvalue weighted by Crippen LogP contribution is -2.50. The minimum absolute atomic E-state index is 0.286. The molecule has 0 aromatic heterocycles. The molecule has 1 atom stereocenters. The topological polar surface area (TPSA) is 75.7 Å². The van der Waals surface area contributed by atoms with Gasteiger partial charge in [-0.05, 0) is 56.5 Å². The van der Waals surface area contributed by atoms with E-state index in [1.165, 1.54) is 4.31 Å². The van der Waals surface area contributed by atoms with Gasteiger partial charge in [-0.1, -0.05) is 36.8 Å². The minimum atomic E-state index is -3.63. The van der Waals surface area contributed by atoms with Gasteiger partial charge in [0.2, 0.25) is 15.9 Å². The first-order valence-electron chi connectivity index (χ1n) is 9.68. The molecule has 6 nitrogen and oxygen atoms in total. The second-order valence-corrected chi connectivity index (χ2v) is 9.02. The number of nitrogens with zero attached hydrogens (tertiary/aromatic N) is 1. The summed E-state index contributed by atoms with van der Waals surface area (Å²) in [6.07, 6.45) is 1.47. The van der Waals surface area contributed by atoms with E-state index in [9.17, 15) is 13.2 Å². The fourth-order valence-corrected chi connectivity index (χ4v) is 4.30. The summed E-state index contributed by atoms with van der Waals surface area (Å²) >= 11 is 0. The summed E-state index contributed by atoms with van der Waals surface area (Å²) < 4.78 is 31.8. The van der Waals surface area contributed by atoms with E-state index in [-0.39, 0.29) is 12.5 Å². The molecule has 1 N–H and O–H groups in total. The van der Waals surface area contributed by atoms with Gasteiger partial charge in [0.05, 0.1) is 18.5 Å². The zero-order chi connectivity index (χ0) is 21.6. The molecule has 0 aliphatic carbocycles. The summed E-state index contributed by atoms with van der Waals surface area (Å²) in [4.78, 5) is 12.8. The van der Waals surface area contributed by atoms with E-state index < -0.39 is 16.1 Å². The van der Waals surface area contributed by atoms with E-state index in [1.807, 2.05) is 51.1 Å². The van der Waals surface area contributed by atoms with Crippen molar-refractivity contribution in [2.24, 2.45) is 0 Å². The number of ether oxygens (including phenoxy) is 1. The molecule has 2 aromatic carbocycles. The minimum Gasteiger partial charge on any atom is -0.491 e. The van der Waals surface area contributed by atoms with Crippen molar-refractivity contribution in [1.29, 1.82) is 0 Å². The number of hydrogen-bond donors (Lipinski definition) is 1. The largest absolute Gasteiger partial charge is 0.491 e. The van der Waals surface area contributed by atoms with Gasteiger partial charge in [-0.25, -0.2) is 8.42 Å². The molecular weight excluding hydrogens is 388 g/mol. The molecule has 0 fully saturated rings. The van der Waals surface area contributed by atoms with E-state index >= 15 is 0 Å². The maximum absolute atomic E-state index is 12.8. The van der Waals surface area contributed by atoms with E-state index in [2.05, 4.69) is 5.32 Å². The molecule has 7 heteroatoms. The lowest BCUT2D eigenvalue weighted by Gasteiger charge is -2.30. The first-order chi connectivity index (χ1) is 13.6. The molecule has 0 heterocycles. The van der Waals surface area contributed by atoms with Crippen molar-refractivity contribution >= 4 is 21.6 Å². The van der Waals surface area contributed by atoms with Crippen LogP contribution in [0, 0.1) is 20.8 Å². The van der Waals surface area contributed by atoms with Gasteiger partial charge in [0.15, 0.2) is 0 Å². The van der Waals surface area contributed by atoms with Crippen LogP contribution in [0.5, 0.6) is 5.75 Å². The van der Waals surface area contributed by atoms with Crippen molar-refractivity contribution < 1.29 is 17.9 Å². The van der Waals surface area contributed by atoms with E-state index in [0.717, 1.165) is 28.7 Å². The lowest BCUT2D eigenvalue weighted by molar-refractivity contribution is -0.122. The van der Waals surface area contributed by atoms with Crippen LogP contribution in [0.25, 0.3) is 0 Å². The Bertz CT molecular complexity index is 940. The number of carbonyl (C=O) groups is 1. The highest BCUT2D eigenvalue weighted by atomic mass is 32.2. The van der Waals surface area contributed by atoms with E-state index in [4.69, 9.17) is 4.74 Å². The number of amides is 1. The van der Waals surface area contributed by atoms with Crippen LogP contribution in [0.3, 0.4) is 0 Å². The van der Waals surface area contributed by atoms with Crippen molar-refractivity contribution in [3.8, 4) is 5.75 Å². The van der Waals surface area contributed by atoms with Crippen LogP contribution in [0.1, 0.15) is 30.0 Å². The number of anilines is 1. The van der Waals surface area contributed by atoms with Crippen LogP contribution >= 0.6 is 0 Å². The summed E-state index contributed by atoms with van der Waals surface area (Å²) in [6, 6.07) is 12.1. The normalized spacial score (nSPS) is 12.3. The van der Waals surface area contributed by atoms with Gasteiger partial charge >= 0.3 is 0 Å². The van der Waals surface area contributed by atoms with Gasteiger partial charge in [0.25, 0.3) is 0 Å². The van der Waals surface area contributed by atoms with Crippen LogP contribution < -0.4 is 14.4 Å². The third-order valence-corrected chi connectivity index (χ3v) is 6.01. The quantitative estimate of drug-likeness (QED) is 0.634. The Hall–Kier alpha value is -2.54. The highest BCUT2D eigenvalue weighted by Gasteiger charge is 2.31. The Morgan fingerprint density at radius 1 is 1.10 bits per heavy atom. The maximum atomic E-state index is 12.8. The summed E-state index contributed by atoms with van der Waals surface area (Å²) in [5, 5.41) is 2.80. The van der Waals surface area contributed by atoms with Crippen molar-refractivity contribution in [3.05, 3.63) is 59.2 Å². The van der Waals surface area contributed by atoms with Gasteiger partial charge < -0.3 is 10.1 Å². The first kappa shape index (κ1) is 22.7. The second-order valence-electron chi connectivity index (χ2n) is 7.16. The molecule has 0 bridgehead atoms. The van der Waals surface area contributed by atoms with Crippen molar-refractivity contribution in [1.82, 2.24) is 5.32 Å². The van der Waals surface area contributed by atoms with Gasteiger partial charge in [-0.3, -0.25) is 9.10 Å². The zero-order valence-corrected chi connectivity index (χ0v) is 18.5. The monoisotopic (exact) mass is 418 g/mol. The van der Waals surface area contributed by atoms with Crippen LogP contribution in [0.15, 0.2) is 42.5 Å². The Morgan fingerprint density at radius 3 is 2.34 bits per heavy atom. The van der Waals surface area contributed by atoms with Gasteiger partial charge in [0.1, 0.15) is 18.4 Å². The maximum Gasteiger partial charge on any atom is 0.244 e. The van der Waals surface area contributed by atoms with E-state index in [1.54, 1.807) is 19.1 Å². The summed E-state index contributed by atoms with van der Waals surface area (Å²) in [5.41, 5.74) is 3.70. The summed E-state index contributed by atoms with van der Waals surface area (Å²) in [6.45, 7) is 8.31. The molecule has 158 valence electrons. The molecule has 0 spiro atoms. The van der Waals surface area contributed by atoms with Gasteiger partial charge in [-0.15, -0.1) is 0 Å². The Kier molecular flexibility index (Phi) is 7.67. The van der Waals surface area contributed by atoms with Crippen LogP contribution in [-0.2, 0) is 14.8 Å².